The van der Waals surface area contributed by atoms with E-state index in [1.165, 1.54) is 45.1 Å². The van der Waals surface area contributed by atoms with Crippen molar-refractivity contribution in [3.05, 3.63) is 31.0 Å². The number of rotatable bonds is 3. The second kappa shape index (κ2) is 5.44. The Bertz CT molecular complexity index is 579. The lowest BCUT2D eigenvalue weighted by atomic mass is 9.97. The smallest absolute Gasteiger partial charge is 0.155 e. The minimum absolute atomic E-state index is 0.573. The third-order valence-corrected chi connectivity index (χ3v) is 4.59. The zero-order valence-electron chi connectivity index (χ0n) is 12.0. The van der Waals surface area contributed by atoms with Gasteiger partial charge in [-0.15, -0.1) is 0 Å². The minimum atomic E-state index is 0.573. The number of hydrogen-bond acceptors (Lipinski definition) is 5. The Balaban J connectivity index is 1.41. The van der Waals surface area contributed by atoms with Gasteiger partial charge in [0.15, 0.2) is 5.82 Å². The number of anilines is 1. The quantitative estimate of drug-likeness (QED) is 0.929. The highest BCUT2D eigenvalue weighted by Gasteiger charge is 2.31. The van der Waals surface area contributed by atoms with E-state index in [2.05, 4.69) is 31.3 Å². The number of fused-ring (bicyclic) bond motifs is 1. The molecule has 0 radical (unpaired) electrons. The van der Waals surface area contributed by atoms with Gasteiger partial charge < -0.3 is 10.2 Å². The van der Waals surface area contributed by atoms with Crippen molar-refractivity contribution in [2.75, 3.05) is 18.4 Å². The average Bonchev–Trinajstić information content (AvgIpc) is 3.19. The lowest BCUT2D eigenvalue weighted by Gasteiger charge is -2.35. The van der Waals surface area contributed by atoms with Gasteiger partial charge >= 0.3 is 0 Å². The lowest BCUT2D eigenvalue weighted by molar-refractivity contribution is 0.188. The first-order chi connectivity index (χ1) is 10.4. The number of nitrogens with zero attached hydrogens (tertiary/aromatic N) is 5. The number of piperidine rings is 1. The molecule has 0 aliphatic carbocycles. The van der Waals surface area contributed by atoms with Gasteiger partial charge in [0, 0.05) is 18.6 Å². The first-order valence-corrected chi connectivity index (χ1v) is 7.70. The highest BCUT2D eigenvalue weighted by molar-refractivity contribution is 5.44. The predicted molar refractivity (Wildman–Crippen MR) is 80.4 cm³/mol. The fourth-order valence-corrected chi connectivity index (χ4v) is 3.52. The Morgan fingerprint density at radius 2 is 2.19 bits per heavy atom. The van der Waals surface area contributed by atoms with Crippen LogP contribution in [0.1, 0.15) is 25.7 Å². The Hall–Kier alpha value is -1.95. The first kappa shape index (κ1) is 12.8. The van der Waals surface area contributed by atoms with E-state index >= 15 is 0 Å². The molecular formula is C15H20N6. The molecule has 110 valence electrons. The van der Waals surface area contributed by atoms with Gasteiger partial charge in [-0.25, -0.2) is 14.6 Å². The molecule has 2 saturated heterocycles. The summed E-state index contributed by atoms with van der Waals surface area (Å²) >= 11 is 0. The topological polar surface area (TPSA) is 58.9 Å². The molecule has 4 rings (SSSR count). The lowest BCUT2D eigenvalue weighted by Crippen LogP contribution is -2.42. The maximum absolute atomic E-state index is 4.44. The summed E-state index contributed by atoms with van der Waals surface area (Å²) < 4.78 is 1.67. The highest BCUT2D eigenvalue weighted by atomic mass is 15.3. The number of hydrogen-bond donors (Lipinski definition) is 1. The number of nitrogens with one attached hydrogen (secondary N) is 1. The van der Waals surface area contributed by atoms with E-state index in [4.69, 9.17) is 0 Å². The largest absolute Gasteiger partial charge is 0.381 e. The first-order valence-electron chi connectivity index (χ1n) is 7.70. The van der Waals surface area contributed by atoms with Crippen LogP contribution in [0.2, 0.25) is 0 Å². The van der Waals surface area contributed by atoms with Gasteiger partial charge in [0.05, 0.1) is 11.9 Å². The molecule has 2 aromatic heterocycles. The molecule has 2 aliphatic heterocycles. The SMILES string of the molecule is c1ncn(-c2ccc(NC3CCN4CCCC4C3)cn2)n1. The van der Waals surface area contributed by atoms with Crippen LogP contribution in [-0.2, 0) is 0 Å². The van der Waals surface area contributed by atoms with Gasteiger partial charge in [0.25, 0.3) is 0 Å². The Kier molecular flexibility index (Phi) is 3.31. The van der Waals surface area contributed by atoms with Crippen molar-refractivity contribution < 1.29 is 0 Å². The van der Waals surface area contributed by atoms with E-state index in [1.54, 1.807) is 11.0 Å². The van der Waals surface area contributed by atoms with Crippen LogP contribution in [0.5, 0.6) is 0 Å². The number of aromatic nitrogens is 4. The molecule has 0 aromatic carbocycles. The van der Waals surface area contributed by atoms with Gasteiger partial charge in [0.1, 0.15) is 12.7 Å². The molecule has 0 bridgehead atoms. The van der Waals surface area contributed by atoms with E-state index in [1.807, 2.05) is 12.3 Å². The van der Waals surface area contributed by atoms with Crippen molar-refractivity contribution in [2.45, 2.75) is 37.8 Å². The molecule has 4 heterocycles. The normalized spacial score (nSPS) is 25.7. The summed E-state index contributed by atoms with van der Waals surface area (Å²) in [5.41, 5.74) is 1.09. The van der Waals surface area contributed by atoms with Crippen LogP contribution in [0.4, 0.5) is 5.69 Å². The molecule has 21 heavy (non-hydrogen) atoms. The molecule has 2 aliphatic rings. The van der Waals surface area contributed by atoms with Gasteiger partial charge in [0.2, 0.25) is 0 Å². The summed E-state index contributed by atoms with van der Waals surface area (Å²) in [5, 5.41) is 7.72. The van der Waals surface area contributed by atoms with Crippen molar-refractivity contribution in [1.29, 1.82) is 0 Å². The van der Waals surface area contributed by atoms with Crippen LogP contribution < -0.4 is 5.32 Å². The molecule has 0 spiro atoms. The van der Waals surface area contributed by atoms with E-state index < -0.39 is 0 Å². The molecule has 6 nitrogen and oxygen atoms in total. The van der Waals surface area contributed by atoms with Gasteiger partial charge in [-0.05, 0) is 44.4 Å². The predicted octanol–water partition coefficient (Wildman–Crippen LogP) is 1.70. The minimum Gasteiger partial charge on any atom is -0.381 e. The Morgan fingerprint density at radius 1 is 1.19 bits per heavy atom. The molecule has 2 aromatic rings. The average molecular weight is 284 g/mol. The van der Waals surface area contributed by atoms with Crippen molar-refractivity contribution in [3.63, 3.8) is 0 Å². The molecular weight excluding hydrogens is 264 g/mol. The monoisotopic (exact) mass is 284 g/mol. The Morgan fingerprint density at radius 3 is 3.00 bits per heavy atom. The molecule has 6 heteroatoms. The maximum Gasteiger partial charge on any atom is 0.155 e. The third kappa shape index (κ3) is 2.63. The summed E-state index contributed by atoms with van der Waals surface area (Å²) in [6.07, 6.45) is 10.3. The van der Waals surface area contributed by atoms with Gasteiger partial charge in [-0.2, -0.15) is 5.10 Å². The van der Waals surface area contributed by atoms with E-state index in [0.29, 0.717) is 6.04 Å². The van der Waals surface area contributed by atoms with Crippen LogP contribution in [0.15, 0.2) is 31.0 Å². The van der Waals surface area contributed by atoms with E-state index in [-0.39, 0.29) is 0 Å². The summed E-state index contributed by atoms with van der Waals surface area (Å²) in [7, 11) is 0. The van der Waals surface area contributed by atoms with E-state index in [0.717, 1.165) is 17.5 Å². The summed E-state index contributed by atoms with van der Waals surface area (Å²) in [6, 6.07) is 5.41. The summed E-state index contributed by atoms with van der Waals surface area (Å²) in [5.74, 6) is 0.795. The van der Waals surface area contributed by atoms with Crippen molar-refractivity contribution in [2.24, 2.45) is 0 Å². The van der Waals surface area contributed by atoms with Crippen molar-refractivity contribution in [3.8, 4) is 5.82 Å². The fourth-order valence-electron chi connectivity index (χ4n) is 3.52. The van der Waals surface area contributed by atoms with Crippen molar-refractivity contribution >= 4 is 5.69 Å². The molecule has 0 amide bonds. The molecule has 2 atom stereocenters. The van der Waals surface area contributed by atoms with Crippen LogP contribution in [0, 0.1) is 0 Å². The second-order valence-corrected chi connectivity index (χ2v) is 5.94. The second-order valence-electron chi connectivity index (χ2n) is 5.94. The van der Waals surface area contributed by atoms with E-state index in [9.17, 15) is 0 Å². The molecule has 1 N–H and O–H groups in total. The maximum atomic E-state index is 4.44. The fraction of sp³-hybridized carbons (Fsp3) is 0.533. The zero-order chi connectivity index (χ0) is 14.1. The molecule has 2 unspecified atom stereocenters. The zero-order valence-corrected chi connectivity index (χ0v) is 12.0. The third-order valence-electron chi connectivity index (χ3n) is 4.59. The van der Waals surface area contributed by atoms with Crippen LogP contribution in [-0.4, -0.2) is 49.8 Å². The van der Waals surface area contributed by atoms with Crippen molar-refractivity contribution in [1.82, 2.24) is 24.6 Å². The van der Waals surface area contributed by atoms with Gasteiger partial charge in [-0.3, -0.25) is 0 Å². The Labute approximate surface area is 124 Å². The standard InChI is InChI=1S/C15H20N6/c1-2-14-8-12(5-7-20(14)6-1)19-13-3-4-15(17-9-13)21-11-16-10-18-21/h3-4,9-12,14,19H,1-2,5-8H2. The summed E-state index contributed by atoms with van der Waals surface area (Å²) in [6.45, 7) is 2.53. The summed E-state index contributed by atoms with van der Waals surface area (Å²) in [4.78, 5) is 11.0. The molecule has 2 fully saturated rings. The van der Waals surface area contributed by atoms with Crippen LogP contribution >= 0.6 is 0 Å². The van der Waals surface area contributed by atoms with Crippen LogP contribution in [0.3, 0.4) is 0 Å². The van der Waals surface area contributed by atoms with Gasteiger partial charge in [-0.1, -0.05) is 0 Å². The number of pyridine rings is 1. The molecule has 0 saturated carbocycles. The highest BCUT2D eigenvalue weighted by Crippen LogP contribution is 2.28. The van der Waals surface area contributed by atoms with Crippen LogP contribution in [0.25, 0.3) is 5.82 Å².